The molecule has 1 aromatic rings. The lowest BCUT2D eigenvalue weighted by molar-refractivity contribution is -0.193. The van der Waals surface area contributed by atoms with E-state index in [0.717, 1.165) is 12.8 Å². The maximum absolute atomic E-state index is 13.8. The maximum atomic E-state index is 13.8. The van der Waals surface area contributed by atoms with Gasteiger partial charge in [0.25, 0.3) is 0 Å². The first-order valence-electron chi connectivity index (χ1n) is 8.04. The van der Waals surface area contributed by atoms with Crippen LogP contribution in [-0.2, 0) is 10.2 Å². The summed E-state index contributed by atoms with van der Waals surface area (Å²) in [6.45, 7) is 1.06. The summed E-state index contributed by atoms with van der Waals surface area (Å²) in [7, 11) is 0. The summed E-state index contributed by atoms with van der Waals surface area (Å²) in [6, 6.07) is 1.95. The van der Waals surface area contributed by atoms with Crippen molar-refractivity contribution in [1.82, 2.24) is 15.0 Å². The monoisotopic (exact) mass is 344 g/mol. The Bertz CT molecular complexity index is 609. The molecule has 1 aliphatic heterocycles. The highest BCUT2D eigenvalue weighted by atomic mass is 19.4. The predicted molar refractivity (Wildman–Crippen MR) is 76.1 cm³/mol. The summed E-state index contributed by atoms with van der Waals surface area (Å²) in [4.78, 5) is 5.75. The van der Waals surface area contributed by atoms with E-state index in [1.54, 1.807) is 4.90 Å². The summed E-state index contributed by atoms with van der Waals surface area (Å²) < 4.78 is 51.6. The van der Waals surface area contributed by atoms with Crippen molar-refractivity contribution in [2.45, 2.75) is 43.2 Å². The van der Waals surface area contributed by atoms with Gasteiger partial charge < -0.3 is 9.26 Å². The van der Waals surface area contributed by atoms with Gasteiger partial charge in [-0.1, -0.05) is 5.16 Å². The van der Waals surface area contributed by atoms with E-state index in [9.17, 15) is 13.2 Å². The molecule has 24 heavy (non-hydrogen) atoms. The van der Waals surface area contributed by atoms with Crippen LogP contribution in [0, 0.1) is 11.3 Å². The molecule has 2 fully saturated rings. The second kappa shape index (κ2) is 6.69. The van der Waals surface area contributed by atoms with Crippen LogP contribution in [0.25, 0.3) is 0 Å². The molecule has 1 saturated heterocycles. The molecule has 2 aliphatic rings. The summed E-state index contributed by atoms with van der Waals surface area (Å²) in [6.07, 6.45) is -2.45. The average molecular weight is 344 g/mol. The standard InChI is InChI=1S/C15H19F3N4O2/c16-15(17,18)14(13-20-12(21-24-13)11-2-3-11)4-6-22(10-14)7-9-23-8-1-5-19/h11H,1-4,6-10H2. The molecule has 2 heterocycles. The minimum Gasteiger partial charge on any atom is -0.379 e. The van der Waals surface area contributed by atoms with Crippen LogP contribution in [-0.4, -0.2) is 54.1 Å². The van der Waals surface area contributed by atoms with Gasteiger partial charge in [-0.3, -0.25) is 4.90 Å². The Kier molecular flexibility index (Phi) is 4.78. The lowest BCUT2D eigenvalue weighted by Gasteiger charge is -2.28. The molecule has 0 aromatic carbocycles. The van der Waals surface area contributed by atoms with Gasteiger partial charge in [0.2, 0.25) is 5.89 Å². The number of aromatic nitrogens is 2. The molecule has 0 radical (unpaired) electrons. The number of nitriles is 1. The zero-order valence-corrected chi connectivity index (χ0v) is 13.2. The molecule has 9 heteroatoms. The number of rotatable bonds is 7. The second-order valence-electron chi connectivity index (χ2n) is 6.36. The largest absolute Gasteiger partial charge is 0.404 e. The van der Waals surface area contributed by atoms with E-state index in [2.05, 4.69) is 10.1 Å². The van der Waals surface area contributed by atoms with Crippen LogP contribution in [0.15, 0.2) is 4.52 Å². The van der Waals surface area contributed by atoms with Crippen molar-refractivity contribution >= 4 is 0 Å². The minimum absolute atomic E-state index is 0.0962. The van der Waals surface area contributed by atoms with Gasteiger partial charge in [-0.05, 0) is 25.8 Å². The van der Waals surface area contributed by atoms with Gasteiger partial charge in [0, 0.05) is 19.0 Å². The smallest absolute Gasteiger partial charge is 0.379 e. The van der Waals surface area contributed by atoms with Gasteiger partial charge in [0.1, 0.15) is 0 Å². The number of halogens is 3. The third-order valence-corrected chi connectivity index (χ3v) is 4.59. The third-order valence-electron chi connectivity index (χ3n) is 4.59. The Morgan fingerprint density at radius 2 is 2.17 bits per heavy atom. The van der Waals surface area contributed by atoms with Crippen LogP contribution < -0.4 is 0 Å². The Hall–Kier alpha value is -1.66. The zero-order valence-electron chi connectivity index (χ0n) is 13.2. The molecule has 1 aliphatic carbocycles. The van der Waals surface area contributed by atoms with Crippen molar-refractivity contribution in [3.8, 4) is 6.07 Å². The van der Waals surface area contributed by atoms with E-state index in [4.69, 9.17) is 14.5 Å². The predicted octanol–water partition coefficient (Wildman–Crippen LogP) is 2.38. The maximum Gasteiger partial charge on any atom is 0.404 e. The third kappa shape index (κ3) is 3.39. The lowest BCUT2D eigenvalue weighted by atomic mass is 9.86. The fourth-order valence-electron chi connectivity index (χ4n) is 2.96. The first kappa shape index (κ1) is 17.2. The van der Waals surface area contributed by atoms with Crippen LogP contribution in [0.1, 0.15) is 43.3 Å². The number of likely N-dealkylation sites (tertiary alicyclic amines) is 1. The van der Waals surface area contributed by atoms with E-state index >= 15 is 0 Å². The number of hydrogen-bond donors (Lipinski definition) is 0. The number of ether oxygens (including phenoxy) is 1. The molecule has 3 rings (SSSR count). The SMILES string of the molecule is N#CCCOCCN1CCC(c2nc(C3CC3)no2)(C(F)(F)F)C1. The van der Waals surface area contributed by atoms with Gasteiger partial charge in [0.05, 0.1) is 25.7 Å². The molecule has 0 amide bonds. The van der Waals surface area contributed by atoms with Crippen molar-refractivity contribution < 1.29 is 22.4 Å². The van der Waals surface area contributed by atoms with E-state index in [1.807, 2.05) is 6.07 Å². The molecule has 1 aromatic heterocycles. The second-order valence-corrected chi connectivity index (χ2v) is 6.36. The van der Waals surface area contributed by atoms with Crippen LogP contribution >= 0.6 is 0 Å². The number of nitrogens with zero attached hydrogens (tertiary/aromatic N) is 4. The highest BCUT2D eigenvalue weighted by Gasteiger charge is 2.62. The minimum atomic E-state index is -4.45. The molecule has 0 bridgehead atoms. The Morgan fingerprint density at radius 3 is 2.83 bits per heavy atom. The van der Waals surface area contributed by atoms with Crippen molar-refractivity contribution in [3.05, 3.63) is 11.7 Å². The van der Waals surface area contributed by atoms with Gasteiger partial charge in [-0.15, -0.1) is 0 Å². The van der Waals surface area contributed by atoms with E-state index < -0.39 is 11.6 Å². The number of hydrogen-bond acceptors (Lipinski definition) is 6. The summed E-state index contributed by atoms with van der Waals surface area (Å²) in [5.41, 5.74) is -2.10. The highest BCUT2D eigenvalue weighted by Crippen LogP contribution is 2.48. The summed E-state index contributed by atoms with van der Waals surface area (Å²) in [5.74, 6) is 0.232. The van der Waals surface area contributed by atoms with Crippen molar-refractivity contribution in [2.24, 2.45) is 0 Å². The molecular formula is C15H19F3N4O2. The van der Waals surface area contributed by atoms with E-state index in [0.29, 0.717) is 32.1 Å². The molecule has 1 atom stereocenters. The lowest BCUT2D eigenvalue weighted by Crippen LogP contribution is -2.45. The average Bonchev–Trinajstić information content (AvgIpc) is 3.09. The fraction of sp³-hybridized carbons (Fsp3) is 0.800. The molecule has 0 N–H and O–H groups in total. The zero-order chi connectivity index (χ0) is 17.2. The van der Waals surface area contributed by atoms with Gasteiger partial charge in [-0.2, -0.15) is 23.4 Å². The Balaban J connectivity index is 1.66. The molecule has 1 unspecified atom stereocenters. The van der Waals surface area contributed by atoms with Crippen molar-refractivity contribution in [3.63, 3.8) is 0 Å². The van der Waals surface area contributed by atoms with Gasteiger partial charge in [-0.25, -0.2) is 0 Å². The Labute approximate surface area is 137 Å². The van der Waals surface area contributed by atoms with Gasteiger partial charge in [0.15, 0.2) is 11.2 Å². The van der Waals surface area contributed by atoms with Crippen LogP contribution in [0.2, 0.25) is 0 Å². The van der Waals surface area contributed by atoms with Crippen LogP contribution in [0.5, 0.6) is 0 Å². The topological polar surface area (TPSA) is 75.2 Å². The quantitative estimate of drug-likeness (QED) is 0.707. The normalized spacial score (nSPS) is 25.1. The molecule has 132 valence electrons. The van der Waals surface area contributed by atoms with E-state index in [-0.39, 0.29) is 31.2 Å². The fourth-order valence-corrected chi connectivity index (χ4v) is 2.96. The van der Waals surface area contributed by atoms with Crippen molar-refractivity contribution in [1.29, 1.82) is 5.26 Å². The first-order valence-corrected chi connectivity index (χ1v) is 8.04. The number of alkyl halides is 3. The molecule has 6 nitrogen and oxygen atoms in total. The summed E-state index contributed by atoms with van der Waals surface area (Å²) >= 11 is 0. The molecular weight excluding hydrogens is 325 g/mol. The van der Waals surface area contributed by atoms with Gasteiger partial charge >= 0.3 is 6.18 Å². The van der Waals surface area contributed by atoms with E-state index in [1.165, 1.54) is 0 Å². The Morgan fingerprint density at radius 1 is 1.38 bits per heavy atom. The summed E-state index contributed by atoms with van der Waals surface area (Å²) in [5, 5.41) is 12.2. The first-order chi connectivity index (χ1) is 11.5. The van der Waals surface area contributed by atoms with Crippen LogP contribution in [0.3, 0.4) is 0 Å². The molecule has 1 saturated carbocycles. The highest BCUT2D eigenvalue weighted by molar-refractivity contribution is 5.16. The van der Waals surface area contributed by atoms with Crippen molar-refractivity contribution in [2.75, 3.05) is 32.8 Å². The van der Waals surface area contributed by atoms with Crippen LogP contribution in [0.4, 0.5) is 13.2 Å². The molecule has 0 spiro atoms.